The van der Waals surface area contributed by atoms with Gasteiger partial charge in [-0.05, 0) is 36.1 Å². The molecular formula is C24H25F2N3O5. The fourth-order valence-electron chi connectivity index (χ4n) is 3.93. The van der Waals surface area contributed by atoms with Gasteiger partial charge in [0.1, 0.15) is 11.1 Å². The number of benzene rings is 1. The maximum atomic E-state index is 13.6. The molecule has 2 aromatic rings. The topological polar surface area (TPSA) is 109 Å². The molecule has 2 amide bonds. The SMILES string of the molecule is Cc1ccc(NC(=O)C2(c3ccccc3C(C)C)CN(C(=O)/C=C\C(=O)O)C2)c(OC(F)F)n1. The number of pyridine rings is 1. The van der Waals surface area contributed by atoms with Crippen LogP contribution in [0.4, 0.5) is 14.5 Å². The number of alkyl halides is 2. The predicted molar refractivity (Wildman–Crippen MR) is 120 cm³/mol. The third-order valence-corrected chi connectivity index (χ3v) is 5.58. The van der Waals surface area contributed by atoms with Gasteiger partial charge in [-0.1, -0.05) is 38.1 Å². The number of aryl methyl sites for hydroxylation is 1. The van der Waals surface area contributed by atoms with Gasteiger partial charge in [-0.25, -0.2) is 9.78 Å². The first-order valence-electron chi connectivity index (χ1n) is 10.6. The van der Waals surface area contributed by atoms with Crippen molar-refractivity contribution in [3.8, 4) is 5.88 Å². The first-order valence-corrected chi connectivity index (χ1v) is 10.6. The number of ether oxygens (including phenoxy) is 1. The van der Waals surface area contributed by atoms with E-state index in [0.29, 0.717) is 11.3 Å². The second-order valence-corrected chi connectivity index (χ2v) is 8.33. The smallest absolute Gasteiger partial charge is 0.388 e. The maximum absolute atomic E-state index is 13.6. The van der Waals surface area contributed by atoms with Crippen LogP contribution in [0.2, 0.25) is 0 Å². The number of nitrogens with zero attached hydrogens (tertiary/aromatic N) is 2. The number of amides is 2. The monoisotopic (exact) mass is 473 g/mol. The molecule has 2 heterocycles. The summed E-state index contributed by atoms with van der Waals surface area (Å²) in [7, 11) is 0. The number of likely N-dealkylation sites (tertiary alicyclic amines) is 1. The number of aromatic nitrogens is 1. The molecule has 0 radical (unpaired) electrons. The van der Waals surface area contributed by atoms with Crippen LogP contribution in [-0.2, 0) is 19.8 Å². The van der Waals surface area contributed by atoms with Gasteiger partial charge in [-0.15, -0.1) is 0 Å². The van der Waals surface area contributed by atoms with Crippen molar-refractivity contribution < 1.29 is 33.0 Å². The van der Waals surface area contributed by atoms with E-state index >= 15 is 0 Å². The molecule has 10 heteroatoms. The van der Waals surface area contributed by atoms with Gasteiger partial charge in [-0.3, -0.25) is 9.59 Å². The summed E-state index contributed by atoms with van der Waals surface area (Å²) in [4.78, 5) is 42.1. The van der Waals surface area contributed by atoms with Gasteiger partial charge in [0, 0.05) is 30.9 Å². The Kier molecular flexibility index (Phi) is 7.29. The van der Waals surface area contributed by atoms with E-state index in [2.05, 4.69) is 15.0 Å². The van der Waals surface area contributed by atoms with Gasteiger partial charge < -0.3 is 20.1 Å². The molecule has 1 aromatic carbocycles. The van der Waals surface area contributed by atoms with E-state index < -0.39 is 35.7 Å². The molecule has 34 heavy (non-hydrogen) atoms. The first-order chi connectivity index (χ1) is 16.0. The molecule has 0 bridgehead atoms. The summed E-state index contributed by atoms with van der Waals surface area (Å²) in [5, 5.41) is 11.4. The van der Waals surface area contributed by atoms with Crippen LogP contribution in [-0.4, -0.2) is 52.5 Å². The van der Waals surface area contributed by atoms with Crippen molar-refractivity contribution in [1.29, 1.82) is 0 Å². The zero-order valence-electron chi connectivity index (χ0n) is 18.9. The van der Waals surface area contributed by atoms with Crippen LogP contribution in [0.1, 0.15) is 36.6 Å². The van der Waals surface area contributed by atoms with Crippen LogP contribution in [0, 0.1) is 6.92 Å². The highest BCUT2D eigenvalue weighted by atomic mass is 19.3. The molecule has 0 saturated carbocycles. The van der Waals surface area contributed by atoms with Crippen molar-refractivity contribution in [3.05, 3.63) is 65.4 Å². The summed E-state index contributed by atoms with van der Waals surface area (Å²) in [6.07, 6.45) is 1.66. The van der Waals surface area contributed by atoms with E-state index in [4.69, 9.17) is 5.11 Å². The minimum Gasteiger partial charge on any atom is -0.478 e. The molecule has 0 unspecified atom stereocenters. The van der Waals surface area contributed by atoms with Crippen molar-refractivity contribution in [2.45, 2.75) is 38.7 Å². The lowest BCUT2D eigenvalue weighted by Gasteiger charge is -2.49. The van der Waals surface area contributed by atoms with Crippen LogP contribution in [0.25, 0.3) is 0 Å². The van der Waals surface area contributed by atoms with Crippen molar-refractivity contribution in [3.63, 3.8) is 0 Å². The molecule has 0 spiro atoms. The Morgan fingerprint density at radius 2 is 1.82 bits per heavy atom. The quantitative estimate of drug-likeness (QED) is 0.569. The fourth-order valence-corrected chi connectivity index (χ4v) is 3.93. The number of carboxylic acids is 1. The molecule has 1 aliphatic heterocycles. The molecule has 1 aliphatic rings. The average Bonchev–Trinajstić information content (AvgIpc) is 2.73. The van der Waals surface area contributed by atoms with E-state index in [1.807, 2.05) is 26.0 Å². The second-order valence-electron chi connectivity index (χ2n) is 8.33. The van der Waals surface area contributed by atoms with Crippen LogP contribution in [0.15, 0.2) is 48.6 Å². The second kappa shape index (κ2) is 9.98. The lowest BCUT2D eigenvalue weighted by Crippen LogP contribution is -2.66. The largest absolute Gasteiger partial charge is 0.478 e. The molecule has 1 aromatic heterocycles. The van der Waals surface area contributed by atoms with Gasteiger partial charge in [0.2, 0.25) is 17.7 Å². The molecule has 3 rings (SSSR count). The molecule has 8 nitrogen and oxygen atoms in total. The summed E-state index contributed by atoms with van der Waals surface area (Å²) in [6, 6.07) is 10.3. The van der Waals surface area contributed by atoms with Crippen LogP contribution in [0.5, 0.6) is 5.88 Å². The molecular weight excluding hydrogens is 448 g/mol. The highest BCUT2D eigenvalue weighted by Gasteiger charge is 2.53. The van der Waals surface area contributed by atoms with Gasteiger partial charge in [0.25, 0.3) is 0 Å². The van der Waals surface area contributed by atoms with Crippen molar-refractivity contribution in [2.75, 3.05) is 18.4 Å². The zero-order valence-corrected chi connectivity index (χ0v) is 18.9. The summed E-state index contributed by atoms with van der Waals surface area (Å²) in [6.45, 7) is 2.38. The number of nitrogens with one attached hydrogen (secondary N) is 1. The van der Waals surface area contributed by atoms with E-state index in [9.17, 15) is 23.2 Å². The summed E-state index contributed by atoms with van der Waals surface area (Å²) >= 11 is 0. The number of halogens is 2. The lowest BCUT2D eigenvalue weighted by atomic mass is 9.69. The van der Waals surface area contributed by atoms with Crippen molar-refractivity contribution >= 4 is 23.5 Å². The normalized spacial score (nSPS) is 14.9. The minimum absolute atomic E-state index is 0.0182. The predicted octanol–water partition coefficient (Wildman–Crippen LogP) is 3.47. The number of carbonyl (C=O) groups is 3. The van der Waals surface area contributed by atoms with Crippen LogP contribution < -0.4 is 10.1 Å². The minimum atomic E-state index is -3.13. The fraction of sp³-hybridized carbons (Fsp3) is 0.333. The van der Waals surface area contributed by atoms with Crippen molar-refractivity contribution in [2.24, 2.45) is 0 Å². The zero-order chi connectivity index (χ0) is 25.0. The molecule has 1 saturated heterocycles. The Balaban J connectivity index is 1.98. The van der Waals surface area contributed by atoms with E-state index in [0.717, 1.165) is 17.7 Å². The van der Waals surface area contributed by atoms with Crippen LogP contribution in [0.3, 0.4) is 0 Å². The molecule has 1 fully saturated rings. The maximum Gasteiger partial charge on any atom is 0.388 e. The van der Waals surface area contributed by atoms with E-state index in [1.54, 1.807) is 25.1 Å². The number of carboxylic acid groups (broad SMARTS) is 1. The highest BCUT2D eigenvalue weighted by Crippen LogP contribution is 2.40. The number of anilines is 1. The van der Waals surface area contributed by atoms with Gasteiger partial charge in [-0.2, -0.15) is 8.78 Å². The molecule has 0 aliphatic carbocycles. The Hall–Kier alpha value is -3.82. The van der Waals surface area contributed by atoms with Gasteiger partial charge >= 0.3 is 12.6 Å². The third-order valence-electron chi connectivity index (χ3n) is 5.58. The molecule has 0 atom stereocenters. The van der Waals surface area contributed by atoms with Crippen molar-refractivity contribution in [1.82, 2.24) is 9.88 Å². The number of carbonyl (C=O) groups excluding carboxylic acids is 2. The number of aliphatic carboxylic acids is 1. The highest BCUT2D eigenvalue weighted by molar-refractivity contribution is 6.04. The first kappa shape index (κ1) is 24.8. The number of hydrogen-bond donors (Lipinski definition) is 2. The summed E-state index contributed by atoms with van der Waals surface area (Å²) < 4.78 is 30.3. The molecule has 180 valence electrons. The van der Waals surface area contributed by atoms with Gasteiger partial charge in [0.15, 0.2) is 0 Å². The average molecular weight is 473 g/mol. The standard InChI is InChI=1S/C24H25F2N3O5/c1-14(2)16-6-4-5-7-17(16)24(12-29(13-24)19(30)10-11-20(31)32)22(33)28-18-9-8-15(3)27-21(18)34-23(25)26/h4-11,14,23H,12-13H2,1-3H3,(H,28,33)(H,31,32)/b11-10-. The number of rotatable bonds is 8. The van der Waals surface area contributed by atoms with Crippen LogP contribution >= 0.6 is 0 Å². The summed E-state index contributed by atoms with van der Waals surface area (Å²) in [5.41, 5.74) is 0.828. The van der Waals surface area contributed by atoms with E-state index in [1.165, 1.54) is 11.0 Å². The molecule has 2 N–H and O–H groups in total. The Labute approximate surface area is 195 Å². The lowest BCUT2D eigenvalue weighted by molar-refractivity contribution is -0.140. The Morgan fingerprint density at radius 3 is 2.44 bits per heavy atom. The van der Waals surface area contributed by atoms with E-state index in [-0.39, 0.29) is 24.7 Å². The number of hydrogen-bond acceptors (Lipinski definition) is 5. The van der Waals surface area contributed by atoms with Gasteiger partial charge in [0.05, 0.1) is 0 Å². The Bertz CT molecular complexity index is 1130. The third kappa shape index (κ3) is 5.22. The summed E-state index contributed by atoms with van der Waals surface area (Å²) in [5.74, 6) is -2.67. The Morgan fingerprint density at radius 1 is 1.15 bits per heavy atom.